The number of nitrogens with zero attached hydrogens (tertiary/aromatic N) is 3. The van der Waals surface area contributed by atoms with E-state index in [9.17, 15) is 19.2 Å². The summed E-state index contributed by atoms with van der Waals surface area (Å²) in [6.07, 6.45) is 9.41. The van der Waals surface area contributed by atoms with Crippen LogP contribution in [0.1, 0.15) is 63.9 Å². The van der Waals surface area contributed by atoms with Gasteiger partial charge in [0.05, 0.1) is 11.1 Å². The lowest BCUT2D eigenvalue weighted by Crippen LogP contribution is -2.63. The van der Waals surface area contributed by atoms with E-state index in [1.165, 1.54) is 0 Å². The second-order valence-electron chi connectivity index (χ2n) is 11.0. The number of fused-ring (bicyclic) bond motifs is 2. The van der Waals surface area contributed by atoms with Crippen molar-refractivity contribution in [3.8, 4) is 0 Å². The first-order chi connectivity index (χ1) is 20.5. The van der Waals surface area contributed by atoms with Gasteiger partial charge in [-0.3, -0.25) is 29.1 Å². The van der Waals surface area contributed by atoms with Gasteiger partial charge in [0.1, 0.15) is 12.1 Å². The van der Waals surface area contributed by atoms with Crippen LogP contribution in [0.25, 0.3) is 10.9 Å². The highest BCUT2D eigenvalue weighted by Gasteiger charge is 2.48. The monoisotopic (exact) mass is 563 g/mol. The zero-order valence-electron chi connectivity index (χ0n) is 23.3. The van der Waals surface area contributed by atoms with Gasteiger partial charge >= 0.3 is 0 Å². The average molecular weight is 564 g/mol. The second-order valence-corrected chi connectivity index (χ2v) is 11.0. The molecule has 0 spiro atoms. The van der Waals surface area contributed by atoms with Gasteiger partial charge in [0, 0.05) is 42.6 Å². The summed E-state index contributed by atoms with van der Waals surface area (Å²) in [7, 11) is 0. The molecule has 1 aliphatic carbocycles. The number of hydrogen-bond acceptors (Lipinski definition) is 5. The molecular formula is C33H33N5O4. The molecule has 1 saturated carbocycles. The third kappa shape index (κ3) is 5.06. The van der Waals surface area contributed by atoms with Crippen LogP contribution in [-0.4, -0.2) is 62.0 Å². The number of nitrogens with one attached hydrogen (secondary N) is 2. The first kappa shape index (κ1) is 27.4. The Morgan fingerprint density at radius 1 is 0.929 bits per heavy atom. The zero-order valence-corrected chi connectivity index (χ0v) is 23.3. The van der Waals surface area contributed by atoms with Crippen LogP contribution in [0.2, 0.25) is 0 Å². The number of H-pyrrole nitrogens is 1. The molecule has 214 valence electrons. The van der Waals surface area contributed by atoms with Crippen LogP contribution in [-0.2, 0) is 22.6 Å². The molecule has 1 aliphatic heterocycles. The lowest BCUT2D eigenvalue weighted by molar-refractivity contribution is -0.150. The van der Waals surface area contributed by atoms with E-state index in [0.717, 1.165) is 46.2 Å². The van der Waals surface area contributed by atoms with E-state index in [1.807, 2.05) is 42.6 Å². The van der Waals surface area contributed by atoms with Gasteiger partial charge in [-0.2, -0.15) is 0 Å². The molecule has 2 aromatic heterocycles. The van der Waals surface area contributed by atoms with Crippen molar-refractivity contribution in [1.82, 2.24) is 25.1 Å². The molecule has 9 heteroatoms. The molecule has 1 fully saturated rings. The number of aromatic amines is 1. The van der Waals surface area contributed by atoms with Crippen molar-refractivity contribution in [2.45, 2.75) is 50.6 Å². The Bertz CT molecular complexity index is 1610. The Morgan fingerprint density at radius 3 is 2.36 bits per heavy atom. The van der Waals surface area contributed by atoms with E-state index < -0.39 is 29.8 Å². The minimum atomic E-state index is -1.09. The average Bonchev–Trinajstić information content (AvgIpc) is 3.55. The molecule has 9 nitrogen and oxygen atoms in total. The Morgan fingerprint density at radius 2 is 1.64 bits per heavy atom. The lowest BCUT2D eigenvalue weighted by atomic mass is 9.79. The van der Waals surface area contributed by atoms with Crippen LogP contribution in [0, 0.1) is 0 Å². The molecule has 6 rings (SSSR count). The lowest BCUT2D eigenvalue weighted by Gasteiger charge is -2.45. The minimum Gasteiger partial charge on any atom is -0.361 e. The van der Waals surface area contributed by atoms with E-state index >= 15 is 0 Å². The fraction of sp³-hybridized carbons (Fsp3) is 0.303. The van der Waals surface area contributed by atoms with E-state index in [4.69, 9.17) is 0 Å². The van der Waals surface area contributed by atoms with E-state index in [2.05, 4.69) is 15.3 Å². The Hall–Kier alpha value is -4.79. The summed E-state index contributed by atoms with van der Waals surface area (Å²) in [4.78, 5) is 64.7. The normalized spacial score (nSPS) is 16.0. The standard InChI is InChI=1S/C33H33N5O4/c39-29(22-37-30(40)26-11-2-3-12-27(26)31(37)41)38(18-14-24-21-35-28-13-5-4-10-25(24)28)33(15-6-1-7-16-33)32(42)36-20-23-9-8-17-34-19-23/h2-5,8-13,17,19,21,35H,1,6-7,14-16,18,20,22H2,(H,36,42). The number of para-hydroxylation sites is 1. The van der Waals surface area contributed by atoms with Gasteiger partial charge in [-0.25, -0.2) is 0 Å². The molecule has 0 atom stereocenters. The molecule has 4 aromatic rings. The predicted octanol–water partition coefficient (Wildman–Crippen LogP) is 4.25. The molecular weight excluding hydrogens is 530 g/mol. The summed E-state index contributed by atoms with van der Waals surface area (Å²) in [5, 5.41) is 4.13. The Labute approximate surface area is 243 Å². The molecule has 2 aromatic carbocycles. The van der Waals surface area contributed by atoms with E-state index in [0.29, 0.717) is 30.4 Å². The van der Waals surface area contributed by atoms with Crippen LogP contribution < -0.4 is 5.32 Å². The quantitative estimate of drug-likeness (QED) is 0.296. The topological polar surface area (TPSA) is 115 Å². The molecule has 4 amide bonds. The van der Waals surface area contributed by atoms with Gasteiger partial charge in [0.15, 0.2) is 0 Å². The molecule has 3 heterocycles. The largest absolute Gasteiger partial charge is 0.361 e. The van der Waals surface area contributed by atoms with Crippen LogP contribution >= 0.6 is 0 Å². The van der Waals surface area contributed by atoms with Gasteiger partial charge in [0.25, 0.3) is 11.8 Å². The van der Waals surface area contributed by atoms with Crippen molar-refractivity contribution in [1.29, 1.82) is 0 Å². The third-order valence-corrected chi connectivity index (χ3v) is 8.55. The second kappa shape index (κ2) is 11.6. The fourth-order valence-electron chi connectivity index (χ4n) is 6.36. The van der Waals surface area contributed by atoms with Gasteiger partial charge in [0.2, 0.25) is 11.8 Å². The highest BCUT2D eigenvalue weighted by Crippen LogP contribution is 2.35. The van der Waals surface area contributed by atoms with Gasteiger partial charge < -0.3 is 15.2 Å². The maximum Gasteiger partial charge on any atom is 0.262 e. The van der Waals surface area contributed by atoms with Crippen molar-refractivity contribution < 1.29 is 19.2 Å². The summed E-state index contributed by atoms with van der Waals surface area (Å²) in [6.45, 7) is 0.138. The van der Waals surface area contributed by atoms with Crippen molar-refractivity contribution in [2.75, 3.05) is 13.1 Å². The van der Waals surface area contributed by atoms with E-state index in [-0.39, 0.29) is 19.0 Å². The van der Waals surface area contributed by atoms with Crippen molar-refractivity contribution in [3.63, 3.8) is 0 Å². The zero-order chi connectivity index (χ0) is 29.1. The number of pyridine rings is 1. The molecule has 0 unspecified atom stereocenters. The van der Waals surface area contributed by atoms with Crippen LogP contribution in [0.5, 0.6) is 0 Å². The molecule has 2 N–H and O–H groups in total. The van der Waals surface area contributed by atoms with Crippen LogP contribution in [0.4, 0.5) is 0 Å². The Balaban J connectivity index is 1.31. The van der Waals surface area contributed by atoms with Gasteiger partial charge in [-0.1, -0.05) is 55.7 Å². The van der Waals surface area contributed by atoms with Gasteiger partial charge in [-0.05, 0) is 54.7 Å². The number of rotatable bonds is 9. The van der Waals surface area contributed by atoms with Crippen molar-refractivity contribution in [3.05, 3.63) is 102 Å². The first-order valence-corrected chi connectivity index (χ1v) is 14.5. The van der Waals surface area contributed by atoms with Gasteiger partial charge in [-0.15, -0.1) is 0 Å². The number of imide groups is 1. The number of amides is 4. The summed E-state index contributed by atoms with van der Waals surface area (Å²) in [5.41, 5.74) is 2.38. The van der Waals surface area contributed by atoms with Crippen LogP contribution in [0.3, 0.4) is 0 Å². The van der Waals surface area contributed by atoms with E-state index in [1.54, 1.807) is 41.6 Å². The molecule has 0 radical (unpaired) electrons. The SMILES string of the molecule is O=C1c2ccccc2C(=O)N1CC(=O)N(CCc1c[nH]c2ccccc12)C1(C(=O)NCc2cccnc2)CCCCC1. The number of carbonyl (C=O) groups is 4. The minimum absolute atomic E-state index is 0.222. The maximum absolute atomic E-state index is 14.2. The summed E-state index contributed by atoms with van der Waals surface area (Å²) in [5.74, 6) is -1.61. The highest BCUT2D eigenvalue weighted by molar-refractivity contribution is 6.22. The first-order valence-electron chi connectivity index (χ1n) is 14.5. The van der Waals surface area contributed by atoms with Crippen molar-refractivity contribution >= 4 is 34.5 Å². The molecule has 0 saturated heterocycles. The molecule has 2 aliphatic rings. The molecule has 42 heavy (non-hydrogen) atoms. The summed E-state index contributed by atoms with van der Waals surface area (Å²) in [6, 6.07) is 18.3. The third-order valence-electron chi connectivity index (χ3n) is 8.55. The summed E-state index contributed by atoms with van der Waals surface area (Å²) < 4.78 is 0. The molecule has 0 bridgehead atoms. The smallest absolute Gasteiger partial charge is 0.262 e. The maximum atomic E-state index is 14.2. The van der Waals surface area contributed by atoms with Crippen LogP contribution in [0.15, 0.2) is 79.3 Å². The summed E-state index contributed by atoms with van der Waals surface area (Å²) >= 11 is 0. The number of aromatic nitrogens is 2. The number of carbonyl (C=O) groups excluding carboxylic acids is 4. The highest BCUT2D eigenvalue weighted by atomic mass is 16.2. The van der Waals surface area contributed by atoms with Crippen molar-refractivity contribution in [2.24, 2.45) is 0 Å². The predicted molar refractivity (Wildman–Crippen MR) is 157 cm³/mol. The fourth-order valence-corrected chi connectivity index (χ4v) is 6.36. The Kier molecular flexibility index (Phi) is 7.56. The number of benzene rings is 2. The number of hydrogen-bond donors (Lipinski definition) is 2.